The molecule has 1 amide bonds. The van der Waals surface area contributed by atoms with E-state index in [4.69, 9.17) is 10.5 Å². The van der Waals surface area contributed by atoms with E-state index in [2.05, 4.69) is 9.71 Å². The van der Waals surface area contributed by atoms with Gasteiger partial charge in [0.1, 0.15) is 5.84 Å². The number of benzene rings is 1. The number of nitrogens with two attached hydrogens (primary N) is 1. The number of fused-ring (bicyclic) bond motifs is 1. The van der Waals surface area contributed by atoms with Crippen molar-refractivity contribution in [3.63, 3.8) is 0 Å². The summed E-state index contributed by atoms with van der Waals surface area (Å²) >= 11 is 0. The standard InChI is InChI=1S/C14H17N3O5S/c1-9(13(15)19)22-12(18)7-4-8-16-14-10-5-2-3-6-11(10)23(20,21)17-14/h2-3,5-6,9H,4,7-8H2,1H3,(H2,15,19)(H,16,17)/t9-/m0/s1. The Balaban J connectivity index is 1.91. The number of aliphatic imine (C=N–C) groups is 1. The van der Waals surface area contributed by atoms with E-state index in [1.807, 2.05) is 0 Å². The minimum Gasteiger partial charge on any atom is -0.453 e. The van der Waals surface area contributed by atoms with Crippen molar-refractivity contribution in [3.05, 3.63) is 29.8 Å². The fraction of sp³-hybridized carbons (Fsp3) is 0.357. The molecule has 1 aliphatic rings. The number of primary amides is 1. The van der Waals surface area contributed by atoms with Gasteiger partial charge in [-0.1, -0.05) is 12.1 Å². The molecule has 124 valence electrons. The van der Waals surface area contributed by atoms with Gasteiger partial charge in [-0.15, -0.1) is 0 Å². The van der Waals surface area contributed by atoms with E-state index < -0.39 is 28.0 Å². The van der Waals surface area contributed by atoms with Crippen LogP contribution in [0.3, 0.4) is 0 Å². The van der Waals surface area contributed by atoms with Crippen LogP contribution in [0.4, 0.5) is 0 Å². The lowest BCUT2D eigenvalue weighted by molar-refractivity contribution is -0.153. The van der Waals surface area contributed by atoms with Gasteiger partial charge in [0.05, 0.1) is 4.90 Å². The molecule has 0 saturated heterocycles. The van der Waals surface area contributed by atoms with E-state index >= 15 is 0 Å². The summed E-state index contributed by atoms with van der Waals surface area (Å²) in [6.07, 6.45) is -0.553. The molecule has 1 atom stereocenters. The van der Waals surface area contributed by atoms with E-state index in [-0.39, 0.29) is 23.7 Å². The SMILES string of the molecule is C[C@H](OC(=O)CCCN=C1NS(=O)(=O)c2ccccc21)C(N)=O. The van der Waals surface area contributed by atoms with Gasteiger partial charge in [0.25, 0.3) is 15.9 Å². The van der Waals surface area contributed by atoms with Crippen LogP contribution in [0.1, 0.15) is 25.3 Å². The molecule has 2 rings (SSSR count). The summed E-state index contributed by atoms with van der Waals surface area (Å²) in [5.41, 5.74) is 5.50. The number of hydrogen-bond acceptors (Lipinski definition) is 6. The van der Waals surface area contributed by atoms with Crippen LogP contribution in [-0.2, 0) is 24.3 Å². The lowest BCUT2D eigenvalue weighted by Gasteiger charge is -2.08. The zero-order valence-electron chi connectivity index (χ0n) is 12.5. The predicted molar refractivity (Wildman–Crippen MR) is 82.1 cm³/mol. The Hall–Kier alpha value is -2.42. The molecule has 0 unspecified atom stereocenters. The van der Waals surface area contributed by atoms with Crippen molar-refractivity contribution in [3.8, 4) is 0 Å². The number of esters is 1. The topological polar surface area (TPSA) is 128 Å². The van der Waals surface area contributed by atoms with Crippen molar-refractivity contribution >= 4 is 27.7 Å². The Kier molecular flexibility index (Phi) is 4.99. The van der Waals surface area contributed by atoms with Gasteiger partial charge in [-0.05, 0) is 25.5 Å². The maximum atomic E-state index is 11.9. The molecule has 3 N–H and O–H groups in total. The van der Waals surface area contributed by atoms with Gasteiger partial charge in [0, 0.05) is 18.5 Å². The highest BCUT2D eigenvalue weighted by atomic mass is 32.2. The average Bonchev–Trinajstić information content (AvgIpc) is 2.75. The number of amidine groups is 1. The van der Waals surface area contributed by atoms with Crippen LogP contribution < -0.4 is 10.5 Å². The normalized spacial score (nSPS) is 18.0. The molecular formula is C14H17N3O5S. The molecular weight excluding hydrogens is 322 g/mol. The smallest absolute Gasteiger partial charge is 0.306 e. The molecule has 1 aromatic rings. The van der Waals surface area contributed by atoms with Gasteiger partial charge in [-0.3, -0.25) is 19.3 Å². The number of nitrogens with one attached hydrogen (secondary N) is 1. The van der Waals surface area contributed by atoms with Gasteiger partial charge >= 0.3 is 5.97 Å². The monoisotopic (exact) mass is 339 g/mol. The Morgan fingerprint density at radius 1 is 1.35 bits per heavy atom. The third-order valence-corrected chi connectivity index (χ3v) is 4.58. The maximum Gasteiger partial charge on any atom is 0.306 e. The third-order valence-electron chi connectivity index (χ3n) is 3.18. The second kappa shape index (κ2) is 6.78. The molecule has 1 heterocycles. The highest BCUT2D eigenvalue weighted by Crippen LogP contribution is 2.22. The maximum absolute atomic E-state index is 11.9. The number of ether oxygens (including phenoxy) is 1. The first-order valence-corrected chi connectivity index (χ1v) is 8.45. The number of rotatable bonds is 6. The van der Waals surface area contributed by atoms with Crippen LogP contribution in [-0.4, -0.2) is 38.8 Å². The first kappa shape index (κ1) is 16.9. The second-order valence-electron chi connectivity index (χ2n) is 4.97. The average molecular weight is 339 g/mol. The van der Waals surface area contributed by atoms with Crippen molar-refractivity contribution < 1.29 is 22.7 Å². The molecule has 0 aromatic heterocycles. The van der Waals surface area contributed by atoms with E-state index in [1.165, 1.54) is 13.0 Å². The minimum absolute atomic E-state index is 0.0583. The zero-order chi connectivity index (χ0) is 17.0. The molecule has 0 fully saturated rings. The van der Waals surface area contributed by atoms with Crippen LogP contribution in [0.2, 0.25) is 0 Å². The largest absolute Gasteiger partial charge is 0.453 e. The van der Waals surface area contributed by atoms with E-state index in [9.17, 15) is 18.0 Å². The summed E-state index contributed by atoms with van der Waals surface area (Å²) in [6.45, 7) is 1.64. The fourth-order valence-corrected chi connectivity index (χ4v) is 3.23. The van der Waals surface area contributed by atoms with Crippen LogP contribution in [0.25, 0.3) is 0 Å². The highest BCUT2D eigenvalue weighted by Gasteiger charge is 2.29. The van der Waals surface area contributed by atoms with Crippen LogP contribution in [0.15, 0.2) is 34.2 Å². The Bertz CT molecular complexity index is 757. The number of sulfonamides is 1. The zero-order valence-corrected chi connectivity index (χ0v) is 13.3. The Morgan fingerprint density at radius 3 is 2.74 bits per heavy atom. The van der Waals surface area contributed by atoms with Crippen LogP contribution in [0.5, 0.6) is 0 Å². The molecule has 0 radical (unpaired) electrons. The van der Waals surface area contributed by atoms with Gasteiger partial charge in [0.2, 0.25) is 0 Å². The molecule has 1 aromatic carbocycles. The number of nitrogens with zero attached hydrogens (tertiary/aromatic N) is 1. The summed E-state index contributed by atoms with van der Waals surface area (Å²) < 4.78 is 30.9. The molecule has 0 aliphatic carbocycles. The summed E-state index contributed by atoms with van der Waals surface area (Å²) in [5.74, 6) is -1.00. The first-order valence-electron chi connectivity index (χ1n) is 6.97. The second-order valence-corrected chi connectivity index (χ2v) is 6.62. The molecule has 23 heavy (non-hydrogen) atoms. The molecule has 0 spiro atoms. The van der Waals surface area contributed by atoms with Gasteiger partial charge in [0.15, 0.2) is 6.10 Å². The van der Waals surface area contributed by atoms with Crippen LogP contribution >= 0.6 is 0 Å². The predicted octanol–water partition coefficient (Wildman–Crippen LogP) is -0.0777. The number of amides is 1. The Labute approximate surface area is 133 Å². The number of carbonyl (C=O) groups excluding carboxylic acids is 2. The fourth-order valence-electron chi connectivity index (χ4n) is 1.98. The first-order chi connectivity index (χ1) is 10.8. The molecule has 8 nitrogen and oxygen atoms in total. The van der Waals surface area contributed by atoms with E-state index in [0.717, 1.165) is 0 Å². The highest BCUT2D eigenvalue weighted by molar-refractivity contribution is 7.90. The number of carbonyl (C=O) groups is 2. The lowest BCUT2D eigenvalue weighted by atomic mass is 10.2. The van der Waals surface area contributed by atoms with E-state index in [1.54, 1.807) is 18.2 Å². The van der Waals surface area contributed by atoms with Gasteiger partial charge < -0.3 is 10.5 Å². The molecule has 0 saturated carbocycles. The van der Waals surface area contributed by atoms with Crippen molar-refractivity contribution in [2.45, 2.75) is 30.8 Å². The summed E-state index contributed by atoms with van der Waals surface area (Å²) in [6, 6.07) is 6.52. The number of hydrogen-bond donors (Lipinski definition) is 2. The minimum atomic E-state index is -3.56. The van der Waals surface area contributed by atoms with E-state index in [0.29, 0.717) is 12.0 Å². The van der Waals surface area contributed by atoms with Gasteiger partial charge in [-0.2, -0.15) is 0 Å². The molecule has 1 aliphatic heterocycles. The van der Waals surface area contributed by atoms with Crippen molar-refractivity contribution in [1.29, 1.82) is 0 Å². The lowest BCUT2D eigenvalue weighted by Crippen LogP contribution is -2.30. The summed E-state index contributed by atoms with van der Waals surface area (Å²) in [4.78, 5) is 26.6. The third kappa shape index (κ3) is 4.07. The molecule has 0 bridgehead atoms. The summed E-state index contributed by atoms with van der Waals surface area (Å²) in [7, 11) is -3.56. The van der Waals surface area contributed by atoms with Crippen molar-refractivity contribution in [1.82, 2.24) is 4.72 Å². The van der Waals surface area contributed by atoms with Crippen molar-refractivity contribution in [2.24, 2.45) is 10.7 Å². The quantitative estimate of drug-likeness (QED) is 0.553. The van der Waals surface area contributed by atoms with Gasteiger partial charge in [-0.25, -0.2) is 8.42 Å². The Morgan fingerprint density at radius 2 is 2.04 bits per heavy atom. The van der Waals surface area contributed by atoms with Crippen LogP contribution in [0, 0.1) is 0 Å². The van der Waals surface area contributed by atoms with Crippen molar-refractivity contribution in [2.75, 3.05) is 6.54 Å². The molecule has 9 heteroatoms. The summed E-state index contributed by atoms with van der Waals surface area (Å²) in [5, 5.41) is 0.